The summed E-state index contributed by atoms with van der Waals surface area (Å²) in [7, 11) is 1.58. The molecule has 0 fully saturated rings. The predicted octanol–water partition coefficient (Wildman–Crippen LogP) is 4.37. The first-order chi connectivity index (χ1) is 10.1. The molecule has 0 aliphatic rings. The van der Waals surface area contributed by atoms with Gasteiger partial charge in [-0.3, -0.25) is 4.99 Å². The molecule has 2 aromatic rings. The van der Waals surface area contributed by atoms with Crippen LogP contribution >= 0.6 is 0 Å². The maximum absolute atomic E-state index is 13.6. The molecule has 0 heterocycles. The Hall–Kier alpha value is -2.36. The van der Waals surface area contributed by atoms with Gasteiger partial charge in [-0.1, -0.05) is 18.2 Å². The van der Waals surface area contributed by atoms with E-state index in [2.05, 4.69) is 4.99 Å². The second kappa shape index (κ2) is 6.88. The molecular weight excluding hydrogens is 269 g/mol. The lowest BCUT2D eigenvalue weighted by Crippen LogP contribution is -2.08. The molecule has 0 radical (unpaired) electrons. The fourth-order valence-corrected chi connectivity index (χ4v) is 1.85. The summed E-state index contributed by atoms with van der Waals surface area (Å²) in [6, 6.07) is 11.9. The van der Waals surface area contributed by atoms with Gasteiger partial charge in [0.1, 0.15) is 5.82 Å². The molecule has 0 aromatic heterocycles. The maximum Gasteiger partial charge on any atom is 0.170 e. The van der Waals surface area contributed by atoms with Crippen LogP contribution in [0.15, 0.2) is 47.5 Å². The maximum atomic E-state index is 13.6. The molecule has 2 aromatic carbocycles. The highest BCUT2D eigenvalue weighted by molar-refractivity contribution is 5.86. The monoisotopic (exact) mass is 287 g/mol. The molecule has 0 aliphatic carbocycles. The minimum atomic E-state index is -0.358. The van der Waals surface area contributed by atoms with Gasteiger partial charge in [0.25, 0.3) is 0 Å². The molecule has 110 valence electrons. The van der Waals surface area contributed by atoms with Crippen molar-refractivity contribution in [2.45, 2.75) is 20.0 Å². The Balaban J connectivity index is 2.37. The van der Waals surface area contributed by atoms with Crippen LogP contribution in [0.3, 0.4) is 0 Å². The number of aliphatic imine (C=N–C) groups is 1. The van der Waals surface area contributed by atoms with Gasteiger partial charge in [-0.15, -0.1) is 0 Å². The predicted molar refractivity (Wildman–Crippen MR) is 82.4 cm³/mol. The summed E-state index contributed by atoms with van der Waals surface area (Å²) in [6.07, 6.45) is 1.58. The molecule has 4 heteroatoms. The zero-order valence-electron chi connectivity index (χ0n) is 12.3. The molecule has 0 atom stereocenters. The lowest BCUT2D eigenvalue weighted by Gasteiger charge is -2.15. The van der Waals surface area contributed by atoms with Gasteiger partial charge in [0, 0.05) is 11.8 Å². The first-order valence-electron chi connectivity index (χ1n) is 6.74. The molecule has 0 N–H and O–H groups in total. The van der Waals surface area contributed by atoms with Crippen molar-refractivity contribution in [2.24, 2.45) is 4.99 Å². The molecule has 0 saturated heterocycles. The number of para-hydroxylation sites is 2. The van der Waals surface area contributed by atoms with Gasteiger partial charge in [0.05, 0.1) is 18.9 Å². The summed E-state index contributed by atoms with van der Waals surface area (Å²) in [5.74, 6) is 0.874. The Bertz CT molecular complexity index is 638. The molecule has 0 bridgehead atoms. The Morgan fingerprint density at radius 3 is 2.52 bits per heavy atom. The zero-order chi connectivity index (χ0) is 15.2. The lowest BCUT2D eigenvalue weighted by atomic mass is 10.2. The molecule has 3 nitrogen and oxygen atoms in total. The number of nitrogens with zero attached hydrogens (tertiary/aromatic N) is 1. The van der Waals surface area contributed by atoms with Crippen LogP contribution in [0.5, 0.6) is 11.5 Å². The van der Waals surface area contributed by atoms with Gasteiger partial charge >= 0.3 is 0 Å². The van der Waals surface area contributed by atoms with Gasteiger partial charge in [-0.2, -0.15) is 0 Å². The Labute approximate surface area is 124 Å². The average Bonchev–Trinajstić information content (AvgIpc) is 2.47. The number of ether oxygens (including phenoxy) is 2. The van der Waals surface area contributed by atoms with E-state index in [0.717, 1.165) is 5.56 Å². The van der Waals surface area contributed by atoms with Crippen LogP contribution in [0.25, 0.3) is 0 Å². The highest BCUT2D eigenvalue weighted by Gasteiger charge is 2.11. The Kier molecular flexibility index (Phi) is 4.93. The summed E-state index contributed by atoms with van der Waals surface area (Å²) in [5.41, 5.74) is 1.03. The number of hydrogen-bond donors (Lipinski definition) is 0. The van der Waals surface area contributed by atoms with E-state index in [1.165, 1.54) is 6.07 Å². The topological polar surface area (TPSA) is 30.8 Å². The van der Waals surface area contributed by atoms with E-state index in [9.17, 15) is 4.39 Å². The van der Waals surface area contributed by atoms with Crippen LogP contribution in [0.1, 0.15) is 19.4 Å². The third kappa shape index (κ3) is 3.81. The average molecular weight is 287 g/mol. The van der Waals surface area contributed by atoms with Crippen LogP contribution in [-0.4, -0.2) is 19.4 Å². The van der Waals surface area contributed by atoms with E-state index in [0.29, 0.717) is 11.5 Å². The fourth-order valence-electron chi connectivity index (χ4n) is 1.85. The largest absolute Gasteiger partial charge is 0.493 e. The minimum absolute atomic E-state index is 0.00177. The molecule has 2 rings (SSSR count). The molecular formula is C17H18FNO2. The SMILES string of the molecule is COc1cccc(C=Nc2ccccc2F)c1OC(C)C. The van der Waals surface area contributed by atoms with E-state index >= 15 is 0 Å². The van der Waals surface area contributed by atoms with Crippen LogP contribution in [0, 0.1) is 5.82 Å². The molecule has 0 amide bonds. The second-order valence-electron chi connectivity index (χ2n) is 4.75. The fraction of sp³-hybridized carbons (Fsp3) is 0.235. The summed E-state index contributed by atoms with van der Waals surface area (Å²) in [6.45, 7) is 3.87. The van der Waals surface area contributed by atoms with Crippen LogP contribution in [0.2, 0.25) is 0 Å². The summed E-state index contributed by atoms with van der Waals surface area (Å²) >= 11 is 0. The van der Waals surface area contributed by atoms with E-state index in [4.69, 9.17) is 9.47 Å². The lowest BCUT2D eigenvalue weighted by molar-refractivity contribution is 0.230. The normalized spacial score (nSPS) is 11.1. The third-order valence-corrected chi connectivity index (χ3v) is 2.78. The molecule has 0 spiro atoms. The van der Waals surface area contributed by atoms with Crippen molar-refractivity contribution in [1.82, 2.24) is 0 Å². The standard InChI is InChI=1S/C17H18FNO2/c1-12(2)21-17-13(7-6-10-16(17)20-3)11-19-15-9-5-4-8-14(15)18/h4-12H,1-3H3. The van der Waals surface area contributed by atoms with Crippen LogP contribution in [0.4, 0.5) is 10.1 Å². The Morgan fingerprint density at radius 1 is 1.10 bits per heavy atom. The zero-order valence-corrected chi connectivity index (χ0v) is 12.3. The first-order valence-corrected chi connectivity index (χ1v) is 6.74. The molecule has 0 saturated carbocycles. The Morgan fingerprint density at radius 2 is 1.86 bits per heavy atom. The highest BCUT2D eigenvalue weighted by Crippen LogP contribution is 2.31. The number of methoxy groups -OCH3 is 1. The van der Waals surface area contributed by atoms with E-state index in [-0.39, 0.29) is 17.6 Å². The van der Waals surface area contributed by atoms with Crippen molar-refractivity contribution in [3.8, 4) is 11.5 Å². The molecule has 21 heavy (non-hydrogen) atoms. The first kappa shape index (κ1) is 15.0. The summed E-state index contributed by atoms with van der Waals surface area (Å²) in [4.78, 5) is 4.18. The van der Waals surface area contributed by atoms with E-state index in [1.54, 1.807) is 31.5 Å². The van der Waals surface area contributed by atoms with E-state index < -0.39 is 0 Å². The van der Waals surface area contributed by atoms with Crippen molar-refractivity contribution >= 4 is 11.9 Å². The number of hydrogen-bond acceptors (Lipinski definition) is 3. The number of benzene rings is 2. The van der Waals surface area contributed by atoms with Crippen molar-refractivity contribution in [2.75, 3.05) is 7.11 Å². The quantitative estimate of drug-likeness (QED) is 0.764. The second-order valence-corrected chi connectivity index (χ2v) is 4.75. The third-order valence-electron chi connectivity index (χ3n) is 2.78. The van der Waals surface area contributed by atoms with Crippen LogP contribution < -0.4 is 9.47 Å². The van der Waals surface area contributed by atoms with Crippen molar-refractivity contribution in [1.29, 1.82) is 0 Å². The number of halogens is 1. The van der Waals surface area contributed by atoms with Gasteiger partial charge in [0.2, 0.25) is 0 Å². The van der Waals surface area contributed by atoms with E-state index in [1.807, 2.05) is 32.0 Å². The molecule has 0 aliphatic heterocycles. The van der Waals surface area contributed by atoms with Crippen molar-refractivity contribution in [3.05, 3.63) is 53.8 Å². The highest BCUT2D eigenvalue weighted by atomic mass is 19.1. The van der Waals surface area contributed by atoms with Gasteiger partial charge in [0.15, 0.2) is 11.5 Å². The van der Waals surface area contributed by atoms with Crippen LogP contribution in [-0.2, 0) is 0 Å². The summed E-state index contributed by atoms with van der Waals surface area (Å²) < 4.78 is 24.7. The van der Waals surface area contributed by atoms with Gasteiger partial charge < -0.3 is 9.47 Å². The molecule has 0 unspecified atom stereocenters. The smallest absolute Gasteiger partial charge is 0.170 e. The minimum Gasteiger partial charge on any atom is -0.493 e. The number of rotatable bonds is 5. The van der Waals surface area contributed by atoms with Crippen molar-refractivity contribution in [3.63, 3.8) is 0 Å². The van der Waals surface area contributed by atoms with Gasteiger partial charge in [-0.05, 0) is 38.1 Å². The van der Waals surface area contributed by atoms with Crippen molar-refractivity contribution < 1.29 is 13.9 Å². The van der Waals surface area contributed by atoms with Gasteiger partial charge in [-0.25, -0.2) is 4.39 Å². The summed E-state index contributed by atoms with van der Waals surface area (Å²) in [5, 5.41) is 0.